The number of nitrogens with zero attached hydrogens (tertiary/aromatic N) is 1. The van der Waals surface area contributed by atoms with E-state index in [4.69, 9.17) is 9.47 Å². The average Bonchev–Trinajstić information content (AvgIpc) is 3.14. The number of para-hydroxylation sites is 1. The van der Waals surface area contributed by atoms with Crippen LogP contribution in [0.25, 0.3) is 11.3 Å². The molecule has 3 aromatic rings. The van der Waals surface area contributed by atoms with Gasteiger partial charge < -0.3 is 14.8 Å². The van der Waals surface area contributed by atoms with Gasteiger partial charge in [-0.05, 0) is 36.4 Å². The van der Waals surface area contributed by atoms with E-state index in [1.807, 2.05) is 60.0 Å². The SMILES string of the molecule is COc1ccc(-c2csc(CNC(=O)COc3ccccc3)n2)cc1. The highest BCUT2D eigenvalue weighted by Gasteiger charge is 2.07. The number of methoxy groups -OCH3 is 1. The van der Waals surface area contributed by atoms with Crippen molar-refractivity contribution in [3.63, 3.8) is 0 Å². The van der Waals surface area contributed by atoms with Gasteiger partial charge in [-0.3, -0.25) is 4.79 Å². The summed E-state index contributed by atoms with van der Waals surface area (Å²) in [7, 11) is 1.64. The Morgan fingerprint density at radius 2 is 1.84 bits per heavy atom. The lowest BCUT2D eigenvalue weighted by molar-refractivity contribution is -0.123. The van der Waals surface area contributed by atoms with Crippen LogP contribution in [-0.4, -0.2) is 24.6 Å². The van der Waals surface area contributed by atoms with Crippen LogP contribution in [0.1, 0.15) is 5.01 Å². The standard InChI is InChI=1S/C19H18N2O3S/c1-23-15-9-7-14(8-10-15)17-13-25-19(21-17)11-20-18(22)12-24-16-5-3-2-4-6-16/h2-10,13H,11-12H2,1H3,(H,20,22). The second kappa shape index (κ2) is 8.30. The van der Waals surface area contributed by atoms with Gasteiger partial charge in [0.05, 0.1) is 19.3 Å². The van der Waals surface area contributed by atoms with Gasteiger partial charge in [0, 0.05) is 10.9 Å². The normalized spacial score (nSPS) is 10.3. The molecule has 6 heteroatoms. The minimum absolute atomic E-state index is 0.0132. The fourth-order valence-corrected chi connectivity index (χ4v) is 2.92. The number of thiazole rings is 1. The van der Waals surface area contributed by atoms with Crippen LogP contribution in [0, 0.1) is 0 Å². The van der Waals surface area contributed by atoms with Gasteiger partial charge >= 0.3 is 0 Å². The van der Waals surface area contributed by atoms with Crippen LogP contribution in [0.5, 0.6) is 11.5 Å². The van der Waals surface area contributed by atoms with Gasteiger partial charge in [-0.2, -0.15) is 0 Å². The minimum atomic E-state index is -0.176. The van der Waals surface area contributed by atoms with Gasteiger partial charge in [0.2, 0.25) is 0 Å². The Balaban J connectivity index is 1.50. The molecule has 0 saturated carbocycles. The van der Waals surface area contributed by atoms with E-state index in [0.717, 1.165) is 22.0 Å². The number of hydrogen-bond acceptors (Lipinski definition) is 5. The molecule has 1 heterocycles. The first-order valence-corrected chi connectivity index (χ1v) is 8.66. The fourth-order valence-electron chi connectivity index (χ4n) is 2.18. The molecular weight excluding hydrogens is 336 g/mol. The van der Waals surface area contributed by atoms with E-state index < -0.39 is 0 Å². The van der Waals surface area contributed by atoms with Crippen LogP contribution in [-0.2, 0) is 11.3 Å². The summed E-state index contributed by atoms with van der Waals surface area (Å²) in [5.74, 6) is 1.31. The lowest BCUT2D eigenvalue weighted by Crippen LogP contribution is -2.28. The van der Waals surface area contributed by atoms with Crippen molar-refractivity contribution in [3.8, 4) is 22.8 Å². The lowest BCUT2D eigenvalue weighted by Gasteiger charge is -2.06. The fraction of sp³-hybridized carbons (Fsp3) is 0.158. The number of rotatable bonds is 7. The van der Waals surface area contributed by atoms with Gasteiger partial charge in [0.25, 0.3) is 5.91 Å². The molecule has 0 spiro atoms. The van der Waals surface area contributed by atoms with Crippen LogP contribution in [0.4, 0.5) is 0 Å². The molecule has 0 aliphatic carbocycles. The van der Waals surface area contributed by atoms with Crippen molar-refractivity contribution in [1.29, 1.82) is 0 Å². The van der Waals surface area contributed by atoms with E-state index in [0.29, 0.717) is 12.3 Å². The monoisotopic (exact) mass is 354 g/mol. The molecule has 0 unspecified atom stereocenters. The molecule has 5 nitrogen and oxygen atoms in total. The van der Waals surface area contributed by atoms with Crippen LogP contribution in [0.3, 0.4) is 0 Å². The van der Waals surface area contributed by atoms with Crippen molar-refractivity contribution in [2.75, 3.05) is 13.7 Å². The number of carbonyl (C=O) groups is 1. The van der Waals surface area contributed by atoms with Gasteiger partial charge in [-0.25, -0.2) is 4.98 Å². The van der Waals surface area contributed by atoms with Gasteiger partial charge in [-0.1, -0.05) is 18.2 Å². The summed E-state index contributed by atoms with van der Waals surface area (Å²) in [5, 5.41) is 5.64. The van der Waals surface area contributed by atoms with Gasteiger partial charge in [0.1, 0.15) is 16.5 Å². The Kier molecular flexibility index (Phi) is 5.64. The maximum Gasteiger partial charge on any atom is 0.258 e. The molecule has 0 atom stereocenters. The highest BCUT2D eigenvalue weighted by Crippen LogP contribution is 2.24. The Hall–Kier alpha value is -2.86. The molecule has 0 saturated heterocycles. The molecule has 1 N–H and O–H groups in total. The summed E-state index contributed by atoms with van der Waals surface area (Å²) < 4.78 is 10.6. The smallest absolute Gasteiger partial charge is 0.258 e. The zero-order chi connectivity index (χ0) is 17.5. The first-order valence-electron chi connectivity index (χ1n) is 7.78. The predicted molar refractivity (Wildman–Crippen MR) is 97.9 cm³/mol. The van der Waals surface area contributed by atoms with Crippen LogP contribution in [0.15, 0.2) is 60.0 Å². The predicted octanol–water partition coefficient (Wildman–Crippen LogP) is 3.51. The second-order valence-corrected chi connectivity index (χ2v) is 6.18. The summed E-state index contributed by atoms with van der Waals surface area (Å²) in [6.45, 7) is 0.374. The van der Waals surface area contributed by atoms with Crippen molar-refractivity contribution in [2.24, 2.45) is 0 Å². The summed E-state index contributed by atoms with van der Waals surface area (Å²) in [4.78, 5) is 16.4. The molecule has 2 aromatic carbocycles. The van der Waals surface area contributed by atoms with Crippen molar-refractivity contribution in [1.82, 2.24) is 10.3 Å². The molecular formula is C19H18N2O3S. The summed E-state index contributed by atoms with van der Waals surface area (Å²) in [5.41, 5.74) is 1.90. The maximum atomic E-state index is 11.9. The van der Waals surface area contributed by atoms with E-state index in [9.17, 15) is 4.79 Å². The molecule has 0 aliphatic rings. The average molecular weight is 354 g/mol. The Bertz CT molecular complexity index is 816. The number of nitrogens with one attached hydrogen (secondary N) is 1. The molecule has 0 fully saturated rings. The van der Waals surface area contributed by atoms with Crippen LogP contribution < -0.4 is 14.8 Å². The van der Waals surface area contributed by atoms with E-state index in [1.54, 1.807) is 7.11 Å². The van der Waals surface area contributed by atoms with E-state index >= 15 is 0 Å². The van der Waals surface area contributed by atoms with Crippen molar-refractivity contribution < 1.29 is 14.3 Å². The zero-order valence-corrected chi connectivity index (χ0v) is 14.6. The van der Waals surface area contributed by atoms with Crippen molar-refractivity contribution in [3.05, 3.63) is 65.0 Å². The van der Waals surface area contributed by atoms with Crippen molar-refractivity contribution in [2.45, 2.75) is 6.54 Å². The Morgan fingerprint density at radius 3 is 2.56 bits per heavy atom. The maximum absolute atomic E-state index is 11.9. The topological polar surface area (TPSA) is 60.5 Å². The molecule has 3 rings (SSSR count). The minimum Gasteiger partial charge on any atom is -0.497 e. The molecule has 0 aliphatic heterocycles. The van der Waals surface area contributed by atoms with Gasteiger partial charge in [0.15, 0.2) is 6.61 Å². The van der Waals surface area contributed by atoms with Crippen molar-refractivity contribution >= 4 is 17.2 Å². The number of benzene rings is 2. The van der Waals surface area contributed by atoms with Crippen LogP contribution >= 0.6 is 11.3 Å². The molecule has 0 bridgehead atoms. The number of amides is 1. The summed E-state index contributed by atoms with van der Waals surface area (Å²) in [6.07, 6.45) is 0. The second-order valence-electron chi connectivity index (χ2n) is 5.23. The highest BCUT2D eigenvalue weighted by molar-refractivity contribution is 7.09. The van der Waals surface area contributed by atoms with Crippen LogP contribution in [0.2, 0.25) is 0 Å². The Labute approximate surface area is 150 Å². The highest BCUT2D eigenvalue weighted by atomic mass is 32.1. The third kappa shape index (κ3) is 4.81. The lowest BCUT2D eigenvalue weighted by atomic mass is 10.2. The first-order chi connectivity index (χ1) is 12.2. The van der Waals surface area contributed by atoms with E-state index in [2.05, 4.69) is 10.3 Å². The third-order valence-electron chi connectivity index (χ3n) is 3.49. The number of hydrogen-bond donors (Lipinski definition) is 1. The molecule has 1 aromatic heterocycles. The largest absolute Gasteiger partial charge is 0.497 e. The third-order valence-corrected chi connectivity index (χ3v) is 4.34. The number of carbonyl (C=O) groups excluding carboxylic acids is 1. The first kappa shape index (κ1) is 17.0. The van der Waals surface area contributed by atoms with E-state index in [-0.39, 0.29) is 12.5 Å². The molecule has 1 amide bonds. The van der Waals surface area contributed by atoms with E-state index in [1.165, 1.54) is 11.3 Å². The molecule has 25 heavy (non-hydrogen) atoms. The number of aromatic nitrogens is 1. The summed E-state index contributed by atoms with van der Waals surface area (Å²) in [6, 6.07) is 17.0. The zero-order valence-electron chi connectivity index (χ0n) is 13.8. The van der Waals surface area contributed by atoms with Gasteiger partial charge in [-0.15, -0.1) is 11.3 Å². The summed E-state index contributed by atoms with van der Waals surface area (Å²) >= 11 is 1.51. The quantitative estimate of drug-likeness (QED) is 0.705. The Morgan fingerprint density at radius 1 is 1.08 bits per heavy atom. The molecule has 128 valence electrons. The number of ether oxygens (including phenoxy) is 2. The molecule has 0 radical (unpaired) electrons.